The fraction of sp³-hybridized carbons (Fsp3) is 0.833. The van der Waals surface area contributed by atoms with Gasteiger partial charge in [0.2, 0.25) is 0 Å². The summed E-state index contributed by atoms with van der Waals surface area (Å²) in [7, 11) is 1.56. The van der Waals surface area contributed by atoms with Crippen LogP contribution in [0.2, 0.25) is 0 Å². The third-order valence-electron chi connectivity index (χ3n) is 1.91. The van der Waals surface area contributed by atoms with E-state index >= 15 is 0 Å². The van der Waals surface area contributed by atoms with Crippen molar-refractivity contribution in [1.82, 2.24) is 4.90 Å². The summed E-state index contributed by atoms with van der Waals surface area (Å²) >= 11 is 5.53. The van der Waals surface area contributed by atoms with E-state index in [0.29, 0.717) is 12.4 Å². The second-order valence-corrected chi connectivity index (χ2v) is 2.74. The Balaban J connectivity index is 2.45. The number of hydrogen-bond acceptors (Lipinski definition) is 2. The molecule has 2 unspecified atom stereocenters. The Labute approximate surface area is 69.7 Å². The Hall–Kier alpha value is -0.480. The van der Waals surface area contributed by atoms with Gasteiger partial charge in [-0.1, -0.05) is 0 Å². The van der Waals surface area contributed by atoms with Crippen LogP contribution >= 0.6 is 11.6 Å². The standard InChI is InChI=1S/C6H10ClNO3/c1-11-5-3-8(6(9)10)4(5)2-7/h4-5H,2-3H2,1H3,(H,9,10). The molecule has 2 atom stereocenters. The van der Waals surface area contributed by atoms with Gasteiger partial charge in [-0.05, 0) is 0 Å². The molecule has 1 rings (SSSR count). The molecule has 1 N–H and O–H groups in total. The number of carboxylic acid groups (broad SMARTS) is 1. The van der Waals surface area contributed by atoms with Crippen molar-refractivity contribution in [2.45, 2.75) is 12.1 Å². The lowest BCUT2D eigenvalue weighted by Crippen LogP contribution is -2.63. The van der Waals surface area contributed by atoms with Crippen molar-refractivity contribution in [1.29, 1.82) is 0 Å². The minimum Gasteiger partial charge on any atom is -0.465 e. The first-order chi connectivity index (χ1) is 5.20. The molecule has 1 heterocycles. The van der Waals surface area contributed by atoms with Crippen LogP contribution in [0, 0.1) is 0 Å². The third kappa shape index (κ3) is 1.41. The zero-order valence-electron chi connectivity index (χ0n) is 6.16. The lowest BCUT2D eigenvalue weighted by atomic mass is 10.0. The summed E-state index contributed by atoms with van der Waals surface area (Å²) < 4.78 is 4.98. The SMILES string of the molecule is COC1CN(C(=O)O)C1CCl. The molecule has 1 aliphatic rings. The van der Waals surface area contributed by atoms with E-state index in [2.05, 4.69) is 0 Å². The van der Waals surface area contributed by atoms with Crippen LogP contribution in [0.3, 0.4) is 0 Å². The predicted molar refractivity (Wildman–Crippen MR) is 40.0 cm³/mol. The number of carbonyl (C=O) groups is 1. The Morgan fingerprint density at radius 1 is 1.91 bits per heavy atom. The van der Waals surface area contributed by atoms with Gasteiger partial charge in [-0.2, -0.15) is 0 Å². The van der Waals surface area contributed by atoms with Gasteiger partial charge in [0, 0.05) is 13.0 Å². The van der Waals surface area contributed by atoms with E-state index in [-0.39, 0.29) is 12.1 Å². The van der Waals surface area contributed by atoms with E-state index in [4.69, 9.17) is 21.4 Å². The molecular weight excluding hydrogens is 170 g/mol. The Kier molecular flexibility index (Phi) is 2.57. The van der Waals surface area contributed by atoms with Crippen LogP contribution in [-0.4, -0.2) is 47.8 Å². The average molecular weight is 180 g/mol. The number of rotatable bonds is 2. The minimum absolute atomic E-state index is 0.0244. The van der Waals surface area contributed by atoms with E-state index in [1.165, 1.54) is 4.90 Å². The number of ether oxygens (including phenoxy) is 1. The van der Waals surface area contributed by atoms with Crippen molar-refractivity contribution in [3.63, 3.8) is 0 Å². The molecular formula is C6H10ClNO3. The number of amides is 1. The van der Waals surface area contributed by atoms with E-state index in [1.54, 1.807) is 7.11 Å². The summed E-state index contributed by atoms with van der Waals surface area (Å²) in [6.07, 6.45) is -0.951. The first-order valence-corrected chi connectivity index (χ1v) is 3.82. The van der Waals surface area contributed by atoms with Crippen molar-refractivity contribution >= 4 is 17.7 Å². The van der Waals surface area contributed by atoms with Gasteiger partial charge in [0.15, 0.2) is 0 Å². The van der Waals surface area contributed by atoms with Crippen LogP contribution in [0.25, 0.3) is 0 Å². The smallest absolute Gasteiger partial charge is 0.407 e. The van der Waals surface area contributed by atoms with Gasteiger partial charge < -0.3 is 9.84 Å². The Morgan fingerprint density at radius 2 is 2.55 bits per heavy atom. The summed E-state index contributed by atoms with van der Waals surface area (Å²) in [4.78, 5) is 11.7. The maximum absolute atomic E-state index is 10.4. The number of likely N-dealkylation sites (tertiary alicyclic amines) is 1. The number of nitrogens with zero attached hydrogens (tertiary/aromatic N) is 1. The fourth-order valence-corrected chi connectivity index (χ4v) is 1.51. The van der Waals surface area contributed by atoms with Crippen molar-refractivity contribution in [2.75, 3.05) is 19.5 Å². The van der Waals surface area contributed by atoms with Crippen LogP contribution in [0.5, 0.6) is 0 Å². The highest BCUT2D eigenvalue weighted by atomic mass is 35.5. The summed E-state index contributed by atoms with van der Waals surface area (Å²) in [6, 6.07) is -0.167. The molecule has 0 aromatic rings. The van der Waals surface area contributed by atoms with Crippen LogP contribution in [-0.2, 0) is 4.74 Å². The molecule has 0 aromatic heterocycles. The molecule has 0 spiro atoms. The van der Waals surface area contributed by atoms with E-state index in [9.17, 15) is 4.79 Å². The normalized spacial score (nSPS) is 29.8. The Bertz CT molecular complexity index is 164. The van der Waals surface area contributed by atoms with Crippen LogP contribution in [0.4, 0.5) is 4.79 Å². The molecule has 64 valence electrons. The van der Waals surface area contributed by atoms with Gasteiger partial charge in [-0.3, -0.25) is 4.90 Å². The first-order valence-electron chi connectivity index (χ1n) is 3.29. The van der Waals surface area contributed by atoms with Gasteiger partial charge in [-0.15, -0.1) is 11.6 Å². The highest BCUT2D eigenvalue weighted by Crippen LogP contribution is 2.21. The molecule has 0 bridgehead atoms. The summed E-state index contributed by atoms with van der Waals surface area (Å²) in [5.74, 6) is 0.296. The molecule has 11 heavy (non-hydrogen) atoms. The zero-order valence-corrected chi connectivity index (χ0v) is 6.91. The highest BCUT2D eigenvalue weighted by Gasteiger charge is 2.41. The van der Waals surface area contributed by atoms with E-state index < -0.39 is 6.09 Å². The number of methoxy groups -OCH3 is 1. The van der Waals surface area contributed by atoms with E-state index in [1.807, 2.05) is 0 Å². The van der Waals surface area contributed by atoms with Crippen molar-refractivity contribution in [3.8, 4) is 0 Å². The summed E-state index contributed by atoms with van der Waals surface area (Å²) in [5.41, 5.74) is 0. The fourth-order valence-electron chi connectivity index (χ4n) is 1.15. The lowest BCUT2D eigenvalue weighted by molar-refractivity contribution is -0.0608. The molecule has 0 radical (unpaired) electrons. The molecule has 1 aliphatic heterocycles. The number of alkyl halides is 1. The molecule has 1 saturated heterocycles. The highest BCUT2D eigenvalue weighted by molar-refractivity contribution is 6.18. The van der Waals surface area contributed by atoms with Crippen LogP contribution in [0.1, 0.15) is 0 Å². The predicted octanol–water partition coefficient (Wildman–Crippen LogP) is 0.602. The molecule has 0 saturated carbocycles. The van der Waals surface area contributed by atoms with Crippen molar-refractivity contribution < 1.29 is 14.6 Å². The molecule has 1 fully saturated rings. The second-order valence-electron chi connectivity index (χ2n) is 2.43. The van der Waals surface area contributed by atoms with Gasteiger partial charge in [0.25, 0.3) is 0 Å². The van der Waals surface area contributed by atoms with Gasteiger partial charge in [0.1, 0.15) is 0 Å². The average Bonchev–Trinajstić information content (AvgIpc) is 1.86. The minimum atomic E-state index is -0.927. The quantitative estimate of drug-likeness (QED) is 0.632. The molecule has 0 aromatic carbocycles. The lowest BCUT2D eigenvalue weighted by Gasteiger charge is -2.44. The maximum Gasteiger partial charge on any atom is 0.407 e. The molecule has 1 amide bonds. The van der Waals surface area contributed by atoms with Gasteiger partial charge in [0.05, 0.1) is 18.7 Å². The van der Waals surface area contributed by atoms with Crippen molar-refractivity contribution in [2.24, 2.45) is 0 Å². The van der Waals surface area contributed by atoms with Gasteiger partial charge >= 0.3 is 6.09 Å². The van der Waals surface area contributed by atoms with Crippen LogP contribution < -0.4 is 0 Å². The molecule has 0 aliphatic carbocycles. The molecule has 4 nitrogen and oxygen atoms in total. The van der Waals surface area contributed by atoms with E-state index in [0.717, 1.165) is 0 Å². The van der Waals surface area contributed by atoms with Crippen molar-refractivity contribution in [3.05, 3.63) is 0 Å². The summed E-state index contributed by atoms with van der Waals surface area (Å²) in [5, 5.41) is 8.56. The number of halogens is 1. The zero-order chi connectivity index (χ0) is 8.43. The topological polar surface area (TPSA) is 49.8 Å². The first kappa shape index (κ1) is 8.62. The second kappa shape index (κ2) is 3.28. The Morgan fingerprint density at radius 3 is 2.91 bits per heavy atom. The largest absolute Gasteiger partial charge is 0.465 e. The summed E-state index contributed by atoms with van der Waals surface area (Å²) in [6.45, 7) is 0.434. The number of hydrogen-bond donors (Lipinski definition) is 1. The monoisotopic (exact) mass is 179 g/mol. The van der Waals surface area contributed by atoms with Crippen LogP contribution in [0.15, 0.2) is 0 Å². The van der Waals surface area contributed by atoms with Gasteiger partial charge in [-0.25, -0.2) is 4.79 Å². The third-order valence-corrected chi connectivity index (χ3v) is 2.23. The molecule has 5 heteroatoms. The maximum atomic E-state index is 10.4.